The lowest BCUT2D eigenvalue weighted by Gasteiger charge is -2.21. The Bertz CT molecular complexity index is 940. The molecule has 1 amide bonds. The van der Waals surface area contributed by atoms with Crippen LogP contribution >= 0.6 is 11.3 Å². The Morgan fingerprint density at radius 1 is 1.00 bits per heavy atom. The highest BCUT2D eigenvalue weighted by Gasteiger charge is 2.19. The number of carbonyl (C=O) groups excluding carboxylic acids is 1. The fraction of sp³-hybridized carbons (Fsp3) is 0.105. The van der Waals surface area contributed by atoms with Crippen molar-refractivity contribution < 1.29 is 18.7 Å². The van der Waals surface area contributed by atoms with E-state index < -0.39 is 0 Å². The van der Waals surface area contributed by atoms with E-state index in [0.29, 0.717) is 41.0 Å². The second-order valence-electron chi connectivity index (χ2n) is 5.58. The van der Waals surface area contributed by atoms with Gasteiger partial charge in [0.25, 0.3) is 5.91 Å². The maximum absolute atomic E-state index is 13.0. The first-order chi connectivity index (χ1) is 12.7. The van der Waals surface area contributed by atoms with Crippen LogP contribution in [0.4, 0.5) is 21.5 Å². The predicted octanol–water partition coefficient (Wildman–Crippen LogP) is 4.65. The van der Waals surface area contributed by atoms with Gasteiger partial charge in [-0.1, -0.05) is 6.07 Å². The Kier molecular flexibility index (Phi) is 4.45. The van der Waals surface area contributed by atoms with Crippen LogP contribution in [0.25, 0.3) is 0 Å². The zero-order valence-corrected chi connectivity index (χ0v) is 14.4. The number of hydrogen-bond donors (Lipinski definition) is 2. The molecule has 2 heterocycles. The van der Waals surface area contributed by atoms with Crippen LogP contribution in [0.3, 0.4) is 0 Å². The molecule has 2 N–H and O–H groups in total. The molecule has 0 unspecified atom stereocenters. The van der Waals surface area contributed by atoms with Gasteiger partial charge in [0, 0.05) is 5.69 Å². The predicted molar refractivity (Wildman–Crippen MR) is 99.4 cm³/mol. The van der Waals surface area contributed by atoms with Gasteiger partial charge in [-0.05, 0) is 47.8 Å². The average Bonchev–Trinajstić information content (AvgIpc) is 3.12. The lowest BCUT2D eigenvalue weighted by Crippen LogP contribution is -2.16. The largest absolute Gasteiger partial charge is 0.486 e. The molecule has 3 aromatic rings. The highest BCUT2D eigenvalue weighted by Crippen LogP contribution is 2.39. The van der Waals surface area contributed by atoms with E-state index in [9.17, 15) is 9.18 Å². The molecule has 4 rings (SSSR count). The number of ether oxygens (including phenoxy) is 2. The minimum atomic E-state index is -0.349. The molecule has 1 aliphatic heterocycles. The number of rotatable bonds is 4. The summed E-state index contributed by atoms with van der Waals surface area (Å²) >= 11 is 1.32. The highest BCUT2D eigenvalue weighted by molar-refractivity contribution is 7.12. The molecular formula is C19H15FN2O3S. The minimum absolute atomic E-state index is 0.268. The summed E-state index contributed by atoms with van der Waals surface area (Å²) in [6, 6.07) is 13.0. The van der Waals surface area contributed by atoms with Crippen LogP contribution in [0.5, 0.6) is 11.5 Å². The number of thiophene rings is 1. The SMILES string of the molecule is O=C(Nc1ccc(F)cc1)c1sccc1Nc1cccc2c1OCCO2. The van der Waals surface area contributed by atoms with Gasteiger partial charge < -0.3 is 20.1 Å². The maximum atomic E-state index is 13.0. The van der Waals surface area contributed by atoms with Gasteiger partial charge >= 0.3 is 0 Å². The van der Waals surface area contributed by atoms with Crippen molar-refractivity contribution in [2.75, 3.05) is 23.8 Å². The number of carbonyl (C=O) groups is 1. The van der Waals surface area contributed by atoms with Gasteiger partial charge in [0.15, 0.2) is 11.5 Å². The van der Waals surface area contributed by atoms with Gasteiger partial charge in [0.1, 0.15) is 23.9 Å². The number of fused-ring (bicyclic) bond motifs is 1. The van der Waals surface area contributed by atoms with Crippen molar-refractivity contribution in [2.45, 2.75) is 0 Å². The maximum Gasteiger partial charge on any atom is 0.267 e. The lowest BCUT2D eigenvalue weighted by atomic mass is 10.2. The van der Waals surface area contributed by atoms with E-state index in [2.05, 4.69) is 10.6 Å². The van der Waals surface area contributed by atoms with Crippen molar-refractivity contribution in [3.63, 3.8) is 0 Å². The van der Waals surface area contributed by atoms with E-state index in [1.54, 1.807) is 0 Å². The molecule has 1 aromatic heterocycles. The third-order valence-corrected chi connectivity index (χ3v) is 4.72. The first-order valence-corrected chi connectivity index (χ1v) is 8.89. The molecule has 0 spiro atoms. The second kappa shape index (κ2) is 7.05. The Hall–Kier alpha value is -3.06. The van der Waals surface area contributed by atoms with E-state index in [1.807, 2.05) is 29.6 Å². The Labute approximate surface area is 153 Å². The molecule has 26 heavy (non-hydrogen) atoms. The first kappa shape index (κ1) is 16.4. The van der Waals surface area contributed by atoms with Crippen molar-refractivity contribution in [1.82, 2.24) is 0 Å². The molecular weight excluding hydrogens is 355 g/mol. The Morgan fingerprint density at radius 3 is 2.65 bits per heavy atom. The van der Waals surface area contributed by atoms with E-state index in [1.165, 1.54) is 35.6 Å². The first-order valence-electron chi connectivity index (χ1n) is 8.01. The average molecular weight is 370 g/mol. The van der Waals surface area contributed by atoms with E-state index in [0.717, 1.165) is 5.69 Å². The topological polar surface area (TPSA) is 59.6 Å². The highest BCUT2D eigenvalue weighted by atomic mass is 32.1. The number of amides is 1. The number of para-hydroxylation sites is 1. The number of nitrogens with one attached hydrogen (secondary N) is 2. The van der Waals surface area contributed by atoms with Gasteiger partial charge in [-0.2, -0.15) is 0 Å². The normalized spacial score (nSPS) is 12.5. The van der Waals surface area contributed by atoms with Crippen LogP contribution in [0.1, 0.15) is 9.67 Å². The molecule has 0 saturated carbocycles. The summed E-state index contributed by atoms with van der Waals surface area (Å²) in [7, 11) is 0. The van der Waals surface area contributed by atoms with Crippen molar-refractivity contribution in [1.29, 1.82) is 0 Å². The molecule has 7 heteroatoms. The smallest absolute Gasteiger partial charge is 0.267 e. The van der Waals surface area contributed by atoms with E-state index in [-0.39, 0.29) is 11.7 Å². The van der Waals surface area contributed by atoms with Crippen molar-refractivity contribution >= 4 is 34.3 Å². The van der Waals surface area contributed by atoms with Crippen molar-refractivity contribution in [3.8, 4) is 11.5 Å². The second-order valence-corrected chi connectivity index (χ2v) is 6.50. The van der Waals surface area contributed by atoms with Crippen LogP contribution in [0.2, 0.25) is 0 Å². The summed E-state index contributed by atoms with van der Waals surface area (Å²) in [6.45, 7) is 0.994. The van der Waals surface area contributed by atoms with E-state index in [4.69, 9.17) is 9.47 Å². The van der Waals surface area contributed by atoms with Gasteiger partial charge in [-0.25, -0.2) is 4.39 Å². The van der Waals surface area contributed by atoms with Crippen LogP contribution in [0, 0.1) is 5.82 Å². The van der Waals surface area contributed by atoms with Crippen LogP contribution in [-0.4, -0.2) is 19.1 Å². The molecule has 5 nitrogen and oxygen atoms in total. The third kappa shape index (κ3) is 3.34. The third-order valence-electron chi connectivity index (χ3n) is 3.81. The van der Waals surface area contributed by atoms with Crippen molar-refractivity contribution in [3.05, 3.63) is 64.6 Å². The summed E-state index contributed by atoms with van der Waals surface area (Å²) in [5.41, 5.74) is 1.93. The van der Waals surface area contributed by atoms with Crippen LogP contribution in [0.15, 0.2) is 53.9 Å². The van der Waals surface area contributed by atoms with Crippen LogP contribution in [-0.2, 0) is 0 Å². The Balaban J connectivity index is 1.56. The van der Waals surface area contributed by atoms with Gasteiger partial charge in [0.2, 0.25) is 0 Å². The molecule has 0 saturated heterocycles. The minimum Gasteiger partial charge on any atom is -0.486 e. The molecule has 132 valence electrons. The van der Waals surface area contributed by atoms with Crippen molar-refractivity contribution in [2.24, 2.45) is 0 Å². The molecule has 0 atom stereocenters. The molecule has 0 fully saturated rings. The van der Waals surface area contributed by atoms with Gasteiger partial charge in [-0.3, -0.25) is 4.79 Å². The Morgan fingerprint density at radius 2 is 1.81 bits per heavy atom. The fourth-order valence-corrected chi connectivity index (χ4v) is 3.37. The lowest BCUT2D eigenvalue weighted by molar-refractivity contribution is 0.103. The fourth-order valence-electron chi connectivity index (χ4n) is 2.62. The van der Waals surface area contributed by atoms with Gasteiger partial charge in [-0.15, -0.1) is 11.3 Å². The molecule has 0 bridgehead atoms. The molecule has 0 radical (unpaired) electrons. The standard InChI is InChI=1S/C19H15FN2O3S/c20-12-4-6-13(7-5-12)21-19(23)18-15(8-11-26-18)22-14-2-1-3-16-17(14)25-10-9-24-16/h1-8,11,22H,9-10H2,(H,21,23). The number of hydrogen-bond acceptors (Lipinski definition) is 5. The number of benzene rings is 2. The zero-order chi connectivity index (χ0) is 17.9. The molecule has 2 aromatic carbocycles. The molecule has 1 aliphatic rings. The summed E-state index contributed by atoms with van der Waals surface area (Å²) < 4.78 is 24.3. The number of anilines is 3. The monoisotopic (exact) mass is 370 g/mol. The summed E-state index contributed by atoms with van der Waals surface area (Å²) in [4.78, 5) is 13.1. The molecule has 0 aliphatic carbocycles. The quantitative estimate of drug-likeness (QED) is 0.702. The van der Waals surface area contributed by atoms with E-state index >= 15 is 0 Å². The number of halogens is 1. The van der Waals surface area contributed by atoms with Crippen LogP contribution < -0.4 is 20.1 Å². The van der Waals surface area contributed by atoms with Gasteiger partial charge in [0.05, 0.1) is 11.4 Å². The summed E-state index contributed by atoms with van der Waals surface area (Å²) in [5, 5.41) is 7.84. The summed E-state index contributed by atoms with van der Waals surface area (Å²) in [5.74, 6) is 0.692. The summed E-state index contributed by atoms with van der Waals surface area (Å²) in [6.07, 6.45) is 0. The zero-order valence-electron chi connectivity index (χ0n) is 13.6.